The Hall–Kier alpha value is -3.78. The van der Waals surface area contributed by atoms with Crippen molar-refractivity contribution in [2.45, 2.75) is 6.92 Å². The molecular formula is C21H13ClFN3O4. The summed E-state index contributed by atoms with van der Waals surface area (Å²) in [6.45, 7) is 1.76. The number of carbonyl (C=O) groups is 1. The van der Waals surface area contributed by atoms with Crippen molar-refractivity contribution < 1.29 is 18.5 Å². The number of amides is 1. The summed E-state index contributed by atoms with van der Waals surface area (Å²) in [4.78, 5) is 27.0. The highest BCUT2D eigenvalue weighted by atomic mass is 35.5. The van der Waals surface area contributed by atoms with Crippen molar-refractivity contribution in [3.05, 3.63) is 86.7 Å². The van der Waals surface area contributed by atoms with Crippen LogP contribution in [0.5, 0.6) is 0 Å². The van der Waals surface area contributed by atoms with E-state index in [0.717, 1.165) is 12.1 Å². The Kier molecular flexibility index (Phi) is 4.93. The highest BCUT2D eigenvalue weighted by Gasteiger charge is 2.18. The second-order valence-corrected chi connectivity index (χ2v) is 6.92. The minimum atomic E-state index is -0.980. The van der Waals surface area contributed by atoms with Gasteiger partial charge in [-0.25, -0.2) is 9.37 Å². The number of anilines is 1. The van der Waals surface area contributed by atoms with Crippen LogP contribution in [-0.4, -0.2) is 15.8 Å². The Morgan fingerprint density at radius 2 is 2.00 bits per heavy atom. The summed E-state index contributed by atoms with van der Waals surface area (Å²) < 4.78 is 19.9. The molecule has 0 radical (unpaired) electrons. The van der Waals surface area contributed by atoms with Crippen LogP contribution in [0.15, 0.2) is 59.0 Å². The van der Waals surface area contributed by atoms with E-state index in [9.17, 15) is 19.3 Å². The quantitative estimate of drug-likeness (QED) is 0.331. The molecule has 4 rings (SSSR count). The van der Waals surface area contributed by atoms with Crippen molar-refractivity contribution in [2.24, 2.45) is 0 Å². The van der Waals surface area contributed by atoms with Crippen LogP contribution in [0.2, 0.25) is 5.02 Å². The number of non-ortho nitro benzene ring substituents is 1. The number of oxazole rings is 1. The smallest absolute Gasteiger partial charge is 0.272 e. The molecule has 0 saturated carbocycles. The van der Waals surface area contributed by atoms with Crippen LogP contribution < -0.4 is 5.32 Å². The second-order valence-electron chi connectivity index (χ2n) is 6.48. The zero-order valence-corrected chi connectivity index (χ0v) is 16.2. The molecule has 0 spiro atoms. The van der Waals surface area contributed by atoms with E-state index < -0.39 is 22.3 Å². The summed E-state index contributed by atoms with van der Waals surface area (Å²) in [6.07, 6.45) is 0. The summed E-state index contributed by atoms with van der Waals surface area (Å²) >= 11 is 5.99. The first-order valence-corrected chi connectivity index (χ1v) is 9.12. The topological polar surface area (TPSA) is 98.3 Å². The van der Waals surface area contributed by atoms with Gasteiger partial charge in [0, 0.05) is 22.3 Å². The maximum atomic E-state index is 14.2. The molecule has 150 valence electrons. The largest absolute Gasteiger partial charge is 0.436 e. The van der Waals surface area contributed by atoms with E-state index >= 15 is 0 Å². The number of nitro groups is 1. The first-order valence-electron chi connectivity index (χ1n) is 8.75. The summed E-state index contributed by atoms with van der Waals surface area (Å²) in [5, 5.41) is 13.9. The third-order valence-electron chi connectivity index (χ3n) is 4.57. The van der Waals surface area contributed by atoms with Gasteiger partial charge < -0.3 is 9.73 Å². The number of aromatic nitrogens is 1. The van der Waals surface area contributed by atoms with Crippen molar-refractivity contribution in [3.63, 3.8) is 0 Å². The molecule has 1 aromatic heterocycles. The third kappa shape index (κ3) is 3.60. The average Bonchev–Trinajstić information content (AvgIpc) is 3.12. The summed E-state index contributed by atoms with van der Waals surface area (Å²) in [7, 11) is 0. The first kappa shape index (κ1) is 19.5. The Morgan fingerprint density at radius 1 is 1.20 bits per heavy atom. The van der Waals surface area contributed by atoms with E-state index in [1.807, 2.05) is 0 Å². The summed E-state index contributed by atoms with van der Waals surface area (Å²) in [6, 6.07) is 13.1. The van der Waals surface area contributed by atoms with Gasteiger partial charge in [-0.3, -0.25) is 14.9 Å². The SMILES string of the molecule is Cc1c(NC(=O)c2ccc([N+](=O)[O-])cc2F)cccc1-c1nc2cc(Cl)ccc2o1. The van der Waals surface area contributed by atoms with E-state index in [0.29, 0.717) is 44.9 Å². The molecular weight excluding hydrogens is 413 g/mol. The van der Waals surface area contributed by atoms with Gasteiger partial charge in [0.2, 0.25) is 5.89 Å². The van der Waals surface area contributed by atoms with Crippen molar-refractivity contribution in [1.82, 2.24) is 4.98 Å². The molecule has 9 heteroatoms. The number of fused-ring (bicyclic) bond motifs is 1. The van der Waals surface area contributed by atoms with Gasteiger partial charge in [0.15, 0.2) is 5.58 Å². The predicted molar refractivity (Wildman–Crippen MR) is 110 cm³/mol. The molecule has 4 aromatic rings. The molecule has 1 heterocycles. The monoisotopic (exact) mass is 425 g/mol. The molecule has 0 aliphatic carbocycles. The molecule has 0 aliphatic heterocycles. The molecule has 0 aliphatic rings. The van der Waals surface area contributed by atoms with Gasteiger partial charge in [-0.15, -0.1) is 0 Å². The molecule has 0 bridgehead atoms. The fraction of sp³-hybridized carbons (Fsp3) is 0.0476. The average molecular weight is 426 g/mol. The number of nitrogens with one attached hydrogen (secondary N) is 1. The molecule has 7 nitrogen and oxygen atoms in total. The van der Waals surface area contributed by atoms with Crippen molar-refractivity contribution >= 4 is 40.0 Å². The van der Waals surface area contributed by atoms with E-state index in [4.69, 9.17) is 16.0 Å². The molecule has 0 atom stereocenters. The van der Waals surface area contributed by atoms with Gasteiger partial charge in [0.05, 0.1) is 16.6 Å². The van der Waals surface area contributed by atoms with Gasteiger partial charge in [0.25, 0.3) is 11.6 Å². The first-order chi connectivity index (χ1) is 14.3. The Labute approximate surface area is 174 Å². The normalized spacial score (nSPS) is 10.9. The molecule has 0 fully saturated rings. The molecule has 0 unspecified atom stereocenters. The van der Waals surface area contributed by atoms with Crippen molar-refractivity contribution in [3.8, 4) is 11.5 Å². The fourth-order valence-electron chi connectivity index (χ4n) is 3.01. The number of hydrogen-bond acceptors (Lipinski definition) is 5. The molecule has 3 aromatic carbocycles. The Morgan fingerprint density at radius 3 is 2.73 bits per heavy atom. The molecule has 0 saturated heterocycles. The summed E-state index contributed by atoms with van der Waals surface area (Å²) in [5.74, 6) is -1.36. The number of halogens is 2. The third-order valence-corrected chi connectivity index (χ3v) is 4.81. The molecule has 1 N–H and O–H groups in total. The van der Waals surface area contributed by atoms with Gasteiger partial charge in [-0.1, -0.05) is 17.7 Å². The lowest BCUT2D eigenvalue weighted by molar-refractivity contribution is -0.385. The zero-order chi connectivity index (χ0) is 21.4. The number of carbonyl (C=O) groups excluding carboxylic acids is 1. The highest BCUT2D eigenvalue weighted by molar-refractivity contribution is 6.31. The minimum Gasteiger partial charge on any atom is -0.436 e. The lowest BCUT2D eigenvalue weighted by Gasteiger charge is -2.11. The Bertz CT molecular complexity index is 1320. The zero-order valence-electron chi connectivity index (χ0n) is 15.5. The van der Waals surface area contributed by atoms with Gasteiger partial charge in [0.1, 0.15) is 11.3 Å². The van der Waals surface area contributed by atoms with Crippen LogP contribution in [0.1, 0.15) is 15.9 Å². The van der Waals surface area contributed by atoms with Crippen LogP contribution in [0.25, 0.3) is 22.6 Å². The maximum Gasteiger partial charge on any atom is 0.272 e. The fourth-order valence-corrected chi connectivity index (χ4v) is 3.18. The van der Waals surface area contributed by atoms with E-state index in [1.165, 1.54) is 0 Å². The number of rotatable bonds is 4. The second kappa shape index (κ2) is 7.57. The standard InChI is InChI=1S/C21H13ClFN3O4/c1-11-14(21-25-18-9-12(22)5-8-19(18)30-21)3-2-4-17(11)24-20(27)15-7-6-13(26(28)29)10-16(15)23/h2-10H,1H3,(H,24,27). The number of hydrogen-bond donors (Lipinski definition) is 1. The molecule has 30 heavy (non-hydrogen) atoms. The van der Waals surface area contributed by atoms with Crippen LogP contribution in [-0.2, 0) is 0 Å². The van der Waals surface area contributed by atoms with E-state index in [-0.39, 0.29) is 5.56 Å². The van der Waals surface area contributed by atoms with Crippen molar-refractivity contribution in [1.29, 1.82) is 0 Å². The van der Waals surface area contributed by atoms with Crippen LogP contribution in [0.4, 0.5) is 15.8 Å². The molecule has 1 amide bonds. The minimum absolute atomic E-state index is 0.304. The van der Waals surface area contributed by atoms with Crippen molar-refractivity contribution in [2.75, 3.05) is 5.32 Å². The Balaban J connectivity index is 1.66. The van der Waals surface area contributed by atoms with E-state index in [1.54, 1.807) is 43.3 Å². The lowest BCUT2D eigenvalue weighted by Crippen LogP contribution is -2.15. The van der Waals surface area contributed by atoms with Crippen LogP contribution >= 0.6 is 11.6 Å². The van der Waals surface area contributed by atoms with Gasteiger partial charge in [-0.2, -0.15) is 0 Å². The summed E-state index contributed by atoms with van der Waals surface area (Å²) in [5.41, 5.74) is 2.15. The van der Waals surface area contributed by atoms with Gasteiger partial charge >= 0.3 is 0 Å². The van der Waals surface area contributed by atoms with E-state index in [2.05, 4.69) is 10.3 Å². The highest BCUT2D eigenvalue weighted by Crippen LogP contribution is 2.31. The maximum absolute atomic E-state index is 14.2. The van der Waals surface area contributed by atoms with Gasteiger partial charge in [-0.05, 0) is 48.9 Å². The number of benzene rings is 3. The van der Waals surface area contributed by atoms with Crippen LogP contribution in [0.3, 0.4) is 0 Å². The van der Waals surface area contributed by atoms with Crippen LogP contribution in [0, 0.1) is 22.9 Å². The lowest BCUT2D eigenvalue weighted by atomic mass is 10.1. The predicted octanol–water partition coefficient (Wildman–Crippen LogP) is 5.76. The number of nitro benzene ring substituents is 1. The number of nitrogens with zero attached hydrogens (tertiary/aromatic N) is 2.